The highest BCUT2D eigenvalue weighted by Gasteiger charge is 2.09. The average Bonchev–Trinajstić information content (AvgIpc) is 2.38. The number of thioether (sulfide) groups is 1. The van der Waals surface area contributed by atoms with Crippen LogP contribution in [0.5, 0.6) is 0 Å². The zero-order chi connectivity index (χ0) is 12.7. The predicted molar refractivity (Wildman–Crippen MR) is 69.5 cm³/mol. The summed E-state index contributed by atoms with van der Waals surface area (Å²) < 4.78 is 4.55. The number of ether oxygens (including phenoxy) is 1. The molecule has 1 heterocycles. The molecular formula is C11H17N3O2S. The molecule has 1 aromatic rings. The van der Waals surface area contributed by atoms with Crippen LogP contribution < -0.4 is 5.32 Å². The highest BCUT2D eigenvalue weighted by atomic mass is 32.2. The van der Waals surface area contributed by atoms with Gasteiger partial charge in [0.1, 0.15) is 5.82 Å². The molecule has 1 rings (SSSR count). The number of aromatic nitrogens is 2. The molecule has 94 valence electrons. The van der Waals surface area contributed by atoms with Crippen molar-refractivity contribution in [1.29, 1.82) is 0 Å². The molecule has 0 saturated carbocycles. The number of nitrogens with one attached hydrogen (secondary N) is 1. The maximum absolute atomic E-state index is 11.2. The summed E-state index contributed by atoms with van der Waals surface area (Å²) >= 11 is 1.78. The van der Waals surface area contributed by atoms with E-state index in [1.165, 1.54) is 13.3 Å². The Morgan fingerprint density at radius 2 is 2.29 bits per heavy atom. The number of hydrogen-bond acceptors (Lipinski definition) is 6. The second-order valence-corrected chi connectivity index (χ2v) is 4.39. The molecule has 1 atom stereocenters. The zero-order valence-corrected chi connectivity index (χ0v) is 11.1. The number of rotatable bonds is 6. The predicted octanol–water partition coefficient (Wildman–Crippen LogP) is 1.82. The quantitative estimate of drug-likeness (QED) is 0.782. The van der Waals surface area contributed by atoms with Crippen molar-refractivity contribution < 1.29 is 9.53 Å². The lowest BCUT2D eigenvalue weighted by Gasteiger charge is -2.15. The van der Waals surface area contributed by atoms with Gasteiger partial charge >= 0.3 is 5.97 Å². The minimum Gasteiger partial charge on any atom is -0.464 e. The highest BCUT2D eigenvalue weighted by molar-refractivity contribution is 7.98. The summed E-state index contributed by atoms with van der Waals surface area (Å²) in [5.41, 5.74) is 0.218. The van der Waals surface area contributed by atoms with Crippen LogP contribution in [-0.4, -0.2) is 41.1 Å². The lowest BCUT2D eigenvalue weighted by atomic mass is 10.2. The first-order chi connectivity index (χ1) is 8.21. The second-order valence-electron chi connectivity index (χ2n) is 3.48. The summed E-state index contributed by atoms with van der Waals surface area (Å²) in [4.78, 5) is 19.3. The summed E-state index contributed by atoms with van der Waals surface area (Å²) in [5.74, 6) is 1.22. The molecule has 6 heteroatoms. The summed E-state index contributed by atoms with van der Waals surface area (Å²) in [5, 5.41) is 3.27. The lowest BCUT2D eigenvalue weighted by Crippen LogP contribution is -2.22. The minimum atomic E-state index is -0.472. The molecule has 0 aliphatic rings. The Hall–Kier alpha value is -1.30. The smallest absolute Gasteiger partial charge is 0.358 e. The fourth-order valence-electron chi connectivity index (χ4n) is 1.28. The van der Waals surface area contributed by atoms with Gasteiger partial charge in [-0.05, 0) is 12.7 Å². The SMILES string of the molecule is CCC(CSC)Nc1cnc(C(=O)OC)cn1. The fraction of sp³-hybridized carbons (Fsp3) is 0.545. The van der Waals surface area contributed by atoms with E-state index < -0.39 is 5.97 Å². The molecule has 0 fully saturated rings. The van der Waals surface area contributed by atoms with Crippen LogP contribution in [0.15, 0.2) is 12.4 Å². The third kappa shape index (κ3) is 4.22. The van der Waals surface area contributed by atoms with Crippen LogP contribution in [0, 0.1) is 0 Å². The number of esters is 1. The summed E-state index contributed by atoms with van der Waals surface area (Å²) in [6.07, 6.45) is 6.05. The number of carbonyl (C=O) groups excluding carboxylic acids is 1. The molecule has 0 spiro atoms. The first kappa shape index (κ1) is 13.8. The van der Waals surface area contributed by atoms with Crippen molar-refractivity contribution in [1.82, 2.24) is 9.97 Å². The van der Waals surface area contributed by atoms with Crippen molar-refractivity contribution in [2.24, 2.45) is 0 Å². The molecule has 0 aromatic carbocycles. The first-order valence-electron chi connectivity index (χ1n) is 5.37. The Morgan fingerprint density at radius 1 is 1.53 bits per heavy atom. The Bertz CT molecular complexity index is 356. The van der Waals surface area contributed by atoms with E-state index in [0.29, 0.717) is 11.9 Å². The van der Waals surface area contributed by atoms with Gasteiger partial charge in [-0.1, -0.05) is 6.92 Å². The minimum absolute atomic E-state index is 0.218. The highest BCUT2D eigenvalue weighted by Crippen LogP contribution is 2.09. The molecule has 0 amide bonds. The van der Waals surface area contributed by atoms with Crippen LogP contribution in [-0.2, 0) is 4.74 Å². The van der Waals surface area contributed by atoms with Crippen LogP contribution in [0.25, 0.3) is 0 Å². The van der Waals surface area contributed by atoms with Crippen LogP contribution >= 0.6 is 11.8 Å². The van der Waals surface area contributed by atoms with Gasteiger partial charge in [-0.15, -0.1) is 0 Å². The van der Waals surface area contributed by atoms with Crippen molar-refractivity contribution in [3.8, 4) is 0 Å². The normalized spacial score (nSPS) is 11.9. The van der Waals surface area contributed by atoms with Gasteiger partial charge in [-0.3, -0.25) is 0 Å². The van der Waals surface area contributed by atoms with Crippen LogP contribution in [0.4, 0.5) is 5.82 Å². The van der Waals surface area contributed by atoms with Gasteiger partial charge < -0.3 is 10.1 Å². The number of methoxy groups -OCH3 is 1. The van der Waals surface area contributed by atoms with E-state index in [0.717, 1.165) is 12.2 Å². The molecule has 0 aliphatic carbocycles. The Kier molecular flexibility index (Phi) is 5.76. The average molecular weight is 255 g/mol. The maximum Gasteiger partial charge on any atom is 0.358 e. The molecule has 17 heavy (non-hydrogen) atoms. The van der Waals surface area contributed by atoms with Crippen LogP contribution in [0.2, 0.25) is 0 Å². The molecule has 0 saturated heterocycles. The van der Waals surface area contributed by atoms with Crippen molar-refractivity contribution in [2.75, 3.05) is 24.4 Å². The first-order valence-corrected chi connectivity index (χ1v) is 6.76. The molecule has 0 bridgehead atoms. The van der Waals surface area contributed by atoms with Crippen molar-refractivity contribution in [3.63, 3.8) is 0 Å². The third-order valence-corrected chi connectivity index (χ3v) is 2.99. The van der Waals surface area contributed by atoms with Crippen molar-refractivity contribution in [3.05, 3.63) is 18.1 Å². The van der Waals surface area contributed by atoms with Crippen molar-refractivity contribution in [2.45, 2.75) is 19.4 Å². The van der Waals surface area contributed by atoms with E-state index >= 15 is 0 Å². The van der Waals surface area contributed by atoms with Gasteiger partial charge in [0.2, 0.25) is 0 Å². The number of hydrogen-bond donors (Lipinski definition) is 1. The standard InChI is InChI=1S/C11H17N3O2S/c1-4-8(7-17-3)14-10-6-12-9(5-13-10)11(15)16-2/h5-6,8H,4,7H2,1-3H3,(H,13,14). The van der Waals surface area contributed by atoms with E-state index in [1.54, 1.807) is 18.0 Å². The Balaban J connectivity index is 2.64. The van der Waals surface area contributed by atoms with E-state index in [-0.39, 0.29) is 5.69 Å². The van der Waals surface area contributed by atoms with E-state index in [4.69, 9.17) is 0 Å². The second kappa shape index (κ2) is 7.11. The van der Waals surface area contributed by atoms with E-state index in [9.17, 15) is 4.79 Å². The Morgan fingerprint density at radius 3 is 2.76 bits per heavy atom. The summed E-state index contributed by atoms with van der Waals surface area (Å²) in [7, 11) is 1.32. The molecule has 0 aliphatic heterocycles. The molecule has 5 nitrogen and oxygen atoms in total. The van der Waals surface area contributed by atoms with Gasteiger partial charge in [-0.2, -0.15) is 11.8 Å². The number of nitrogens with zero attached hydrogens (tertiary/aromatic N) is 2. The van der Waals surface area contributed by atoms with Gasteiger partial charge in [0.15, 0.2) is 5.69 Å². The van der Waals surface area contributed by atoms with E-state index in [2.05, 4.69) is 33.2 Å². The molecule has 0 radical (unpaired) electrons. The van der Waals surface area contributed by atoms with Gasteiger partial charge in [-0.25, -0.2) is 14.8 Å². The topological polar surface area (TPSA) is 64.1 Å². The largest absolute Gasteiger partial charge is 0.464 e. The van der Waals surface area contributed by atoms with Gasteiger partial charge in [0.05, 0.1) is 19.5 Å². The zero-order valence-electron chi connectivity index (χ0n) is 10.3. The summed E-state index contributed by atoms with van der Waals surface area (Å²) in [6, 6.07) is 0.364. The number of carbonyl (C=O) groups is 1. The van der Waals surface area contributed by atoms with Gasteiger partial charge in [0.25, 0.3) is 0 Å². The monoisotopic (exact) mass is 255 g/mol. The molecular weight excluding hydrogens is 238 g/mol. The Labute approximate surface area is 105 Å². The lowest BCUT2D eigenvalue weighted by molar-refractivity contribution is 0.0593. The van der Waals surface area contributed by atoms with Crippen LogP contribution in [0.3, 0.4) is 0 Å². The summed E-state index contributed by atoms with van der Waals surface area (Å²) in [6.45, 7) is 2.12. The fourth-order valence-corrected chi connectivity index (χ4v) is 2.01. The van der Waals surface area contributed by atoms with Crippen molar-refractivity contribution >= 4 is 23.5 Å². The van der Waals surface area contributed by atoms with E-state index in [1.807, 2.05) is 0 Å². The van der Waals surface area contributed by atoms with Crippen LogP contribution in [0.1, 0.15) is 23.8 Å². The molecule has 1 unspecified atom stereocenters. The molecule has 1 aromatic heterocycles. The van der Waals surface area contributed by atoms with Gasteiger partial charge in [0, 0.05) is 11.8 Å². The molecule has 1 N–H and O–H groups in total. The third-order valence-electron chi connectivity index (χ3n) is 2.26. The maximum atomic E-state index is 11.2. The number of anilines is 1.